The number of amides is 1. The molecule has 0 bridgehead atoms. The van der Waals surface area contributed by atoms with E-state index in [-0.39, 0.29) is 37.7 Å². The van der Waals surface area contributed by atoms with Gasteiger partial charge in [0.15, 0.2) is 14.6 Å². The van der Waals surface area contributed by atoms with Crippen molar-refractivity contribution in [2.75, 3.05) is 24.7 Å². The first-order valence-electron chi connectivity index (χ1n) is 7.49. The number of pyridine rings is 1. The summed E-state index contributed by atoms with van der Waals surface area (Å²) in [5.41, 5.74) is 1.40. The first kappa shape index (κ1) is 21.6. The van der Waals surface area contributed by atoms with Gasteiger partial charge in [0.1, 0.15) is 0 Å². The lowest BCUT2D eigenvalue weighted by molar-refractivity contribution is -0.119. The standard InChI is InChI=1S/C16H19N3O3S.2ClH/c1-23(21,22)16(6-9-17-10-7-16)15(20)19-13-4-5-14-12(11-13)3-2-8-18-14;;/h2-5,8,11,17H,6-7,9-10H2,1H3,(H,19,20);2*1H. The van der Waals surface area contributed by atoms with E-state index in [1.54, 1.807) is 24.4 Å². The molecule has 0 spiro atoms. The molecule has 6 nitrogen and oxygen atoms in total. The van der Waals surface area contributed by atoms with E-state index in [2.05, 4.69) is 15.6 Å². The largest absolute Gasteiger partial charge is 0.325 e. The van der Waals surface area contributed by atoms with Crippen molar-refractivity contribution in [3.8, 4) is 0 Å². The summed E-state index contributed by atoms with van der Waals surface area (Å²) < 4.78 is 23.1. The molecule has 3 rings (SSSR count). The monoisotopic (exact) mass is 405 g/mol. The van der Waals surface area contributed by atoms with Crippen molar-refractivity contribution >= 4 is 57.1 Å². The minimum Gasteiger partial charge on any atom is -0.325 e. The lowest BCUT2D eigenvalue weighted by atomic mass is 9.95. The van der Waals surface area contributed by atoms with Gasteiger partial charge in [-0.2, -0.15) is 0 Å². The highest BCUT2D eigenvalue weighted by atomic mass is 35.5. The lowest BCUT2D eigenvalue weighted by Gasteiger charge is -2.34. The van der Waals surface area contributed by atoms with Crippen LogP contribution in [0.3, 0.4) is 0 Å². The molecule has 0 unspecified atom stereocenters. The molecule has 0 aliphatic carbocycles. The maximum absolute atomic E-state index is 12.7. The first-order chi connectivity index (χ1) is 10.9. The topological polar surface area (TPSA) is 88.2 Å². The number of carbonyl (C=O) groups excluding carboxylic acids is 1. The number of benzene rings is 1. The predicted octanol–water partition coefficient (Wildman–Crippen LogP) is 2.18. The minimum absolute atomic E-state index is 0. The van der Waals surface area contributed by atoms with Crippen molar-refractivity contribution in [2.45, 2.75) is 17.6 Å². The highest BCUT2D eigenvalue weighted by Crippen LogP contribution is 2.30. The van der Waals surface area contributed by atoms with Gasteiger partial charge in [0.05, 0.1) is 5.52 Å². The number of rotatable bonds is 3. The van der Waals surface area contributed by atoms with Gasteiger partial charge in [-0.1, -0.05) is 6.07 Å². The Bertz CT molecular complexity index is 853. The maximum atomic E-state index is 12.7. The molecule has 0 saturated carbocycles. The molecule has 1 fully saturated rings. The predicted molar refractivity (Wildman–Crippen MR) is 105 cm³/mol. The van der Waals surface area contributed by atoms with E-state index in [4.69, 9.17) is 0 Å². The van der Waals surface area contributed by atoms with Crippen molar-refractivity contribution in [2.24, 2.45) is 0 Å². The molecule has 0 atom stereocenters. The number of anilines is 1. The zero-order valence-electron chi connectivity index (χ0n) is 13.7. The van der Waals surface area contributed by atoms with Crippen molar-refractivity contribution in [1.29, 1.82) is 0 Å². The summed E-state index contributed by atoms with van der Waals surface area (Å²) in [5.74, 6) is -0.454. The normalized spacial score (nSPS) is 16.4. The van der Waals surface area contributed by atoms with Crippen LogP contribution in [0.15, 0.2) is 36.5 Å². The second-order valence-corrected chi connectivity index (χ2v) is 8.21. The molecule has 9 heteroatoms. The number of nitrogens with zero attached hydrogens (tertiary/aromatic N) is 1. The fraction of sp³-hybridized carbons (Fsp3) is 0.375. The second kappa shape index (κ2) is 8.31. The number of nitrogens with one attached hydrogen (secondary N) is 2. The molecule has 138 valence electrons. The van der Waals surface area contributed by atoms with Gasteiger partial charge in [-0.3, -0.25) is 9.78 Å². The molecule has 1 amide bonds. The minimum atomic E-state index is -3.51. The lowest BCUT2D eigenvalue weighted by Crippen LogP contribution is -2.55. The summed E-state index contributed by atoms with van der Waals surface area (Å²) in [6.07, 6.45) is 3.41. The number of halogens is 2. The highest BCUT2D eigenvalue weighted by molar-refractivity contribution is 7.92. The molecule has 1 aliphatic heterocycles. The number of piperidine rings is 1. The SMILES string of the molecule is CS(=O)(=O)C1(C(=O)Nc2ccc3ncccc3c2)CCNCC1.Cl.Cl. The fourth-order valence-corrected chi connectivity index (χ4v) is 4.33. The summed E-state index contributed by atoms with van der Waals surface area (Å²) in [6, 6.07) is 9.07. The number of sulfone groups is 1. The van der Waals surface area contributed by atoms with Gasteiger partial charge < -0.3 is 10.6 Å². The summed E-state index contributed by atoms with van der Waals surface area (Å²) in [4.78, 5) is 17.0. The van der Waals surface area contributed by atoms with Crippen LogP contribution in [0.5, 0.6) is 0 Å². The number of fused-ring (bicyclic) bond motifs is 1. The van der Waals surface area contributed by atoms with Crippen molar-refractivity contribution in [3.05, 3.63) is 36.5 Å². The third-order valence-corrected chi connectivity index (χ3v) is 6.41. The van der Waals surface area contributed by atoms with Crippen LogP contribution in [0.4, 0.5) is 5.69 Å². The van der Waals surface area contributed by atoms with E-state index < -0.39 is 20.5 Å². The van der Waals surface area contributed by atoms with Gasteiger partial charge in [0.25, 0.3) is 0 Å². The van der Waals surface area contributed by atoms with Crippen LogP contribution >= 0.6 is 24.8 Å². The molecule has 1 aromatic heterocycles. The average molecular weight is 406 g/mol. The van der Waals surface area contributed by atoms with Crippen LogP contribution in [-0.2, 0) is 14.6 Å². The Balaban J connectivity index is 0.00000156. The Labute approximate surface area is 159 Å². The zero-order chi connectivity index (χ0) is 16.5. The van der Waals surface area contributed by atoms with E-state index in [9.17, 15) is 13.2 Å². The third-order valence-electron chi connectivity index (χ3n) is 4.40. The molecular formula is C16H21Cl2N3O3S. The van der Waals surface area contributed by atoms with Crippen LogP contribution < -0.4 is 10.6 Å². The zero-order valence-corrected chi connectivity index (χ0v) is 16.1. The van der Waals surface area contributed by atoms with Gasteiger partial charge in [-0.25, -0.2) is 8.42 Å². The van der Waals surface area contributed by atoms with Crippen LogP contribution in [0, 0.1) is 0 Å². The molecule has 2 N–H and O–H groups in total. The van der Waals surface area contributed by atoms with Crippen LogP contribution in [0.1, 0.15) is 12.8 Å². The molecule has 2 aromatic rings. The van der Waals surface area contributed by atoms with E-state index in [0.717, 1.165) is 17.2 Å². The smallest absolute Gasteiger partial charge is 0.245 e. The van der Waals surface area contributed by atoms with Gasteiger partial charge in [0, 0.05) is 23.5 Å². The number of aromatic nitrogens is 1. The fourth-order valence-electron chi connectivity index (χ4n) is 3.00. The Morgan fingerprint density at radius 1 is 1.20 bits per heavy atom. The Kier molecular flexibility index (Phi) is 7.19. The number of carbonyl (C=O) groups is 1. The van der Waals surface area contributed by atoms with E-state index in [0.29, 0.717) is 18.8 Å². The van der Waals surface area contributed by atoms with Gasteiger partial charge >= 0.3 is 0 Å². The number of hydrogen-bond acceptors (Lipinski definition) is 5. The molecule has 2 heterocycles. The van der Waals surface area contributed by atoms with Crippen molar-refractivity contribution in [1.82, 2.24) is 10.3 Å². The van der Waals surface area contributed by atoms with E-state index >= 15 is 0 Å². The Morgan fingerprint density at radius 3 is 2.52 bits per heavy atom. The molecule has 0 radical (unpaired) electrons. The van der Waals surface area contributed by atoms with Crippen molar-refractivity contribution in [3.63, 3.8) is 0 Å². The quantitative estimate of drug-likeness (QED) is 0.816. The first-order valence-corrected chi connectivity index (χ1v) is 9.38. The average Bonchev–Trinajstić information content (AvgIpc) is 2.54. The van der Waals surface area contributed by atoms with Crippen LogP contribution in [0.25, 0.3) is 10.9 Å². The van der Waals surface area contributed by atoms with Gasteiger partial charge in [-0.05, 0) is 50.2 Å². The number of hydrogen-bond donors (Lipinski definition) is 2. The maximum Gasteiger partial charge on any atom is 0.245 e. The summed E-state index contributed by atoms with van der Waals surface area (Å²) >= 11 is 0. The van der Waals surface area contributed by atoms with Crippen molar-refractivity contribution < 1.29 is 13.2 Å². The Hall–Kier alpha value is -1.41. The van der Waals surface area contributed by atoms with Gasteiger partial charge in [-0.15, -0.1) is 24.8 Å². The third kappa shape index (κ3) is 4.23. The van der Waals surface area contributed by atoms with E-state index in [1.807, 2.05) is 12.1 Å². The molecule has 25 heavy (non-hydrogen) atoms. The molecule has 1 saturated heterocycles. The summed E-state index contributed by atoms with van der Waals surface area (Å²) in [5, 5.41) is 6.77. The highest BCUT2D eigenvalue weighted by Gasteiger charge is 2.48. The molecular weight excluding hydrogens is 385 g/mol. The molecule has 1 aliphatic rings. The van der Waals surface area contributed by atoms with E-state index in [1.165, 1.54) is 0 Å². The molecule has 1 aromatic carbocycles. The van der Waals surface area contributed by atoms with Crippen LogP contribution in [-0.4, -0.2) is 43.4 Å². The van der Waals surface area contributed by atoms with Crippen LogP contribution in [0.2, 0.25) is 0 Å². The second-order valence-electron chi connectivity index (χ2n) is 5.88. The summed E-state index contributed by atoms with van der Waals surface area (Å²) in [7, 11) is -3.51. The Morgan fingerprint density at radius 2 is 1.88 bits per heavy atom. The van der Waals surface area contributed by atoms with Gasteiger partial charge in [0.2, 0.25) is 5.91 Å². The summed E-state index contributed by atoms with van der Waals surface area (Å²) in [6.45, 7) is 1.03.